The molecule has 10 nitrogen and oxygen atoms in total. The Hall–Kier alpha value is -2.82. The van der Waals surface area contributed by atoms with Gasteiger partial charge in [-0.2, -0.15) is 11.8 Å². The van der Waals surface area contributed by atoms with Gasteiger partial charge in [-0.25, -0.2) is 4.79 Å². The van der Waals surface area contributed by atoms with E-state index < -0.39 is 6.04 Å². The first kappa shape index (κ1) is 30.1. The van der Waals surface area contributed by atoms with Crippen LogP contribution in [0.25, 0.3) is 0 Å². The third kappa shape index (κ3) is 8.59. The number of hydrogen-bond acceptors (Lipinski definition) is 6. The van der Waals surface area contributed by atoms with Crippen molar-refractivity contribution in [3.63, 3.8) is 0 Å². The fourth-order valence-electron chi connectivity index (χ4n) is 5.82. The number of amides is 5. The van der Waals surface area contributed by atoms with Gasteiger partial charge in [0.15, 0.2) is 0 Å². The van der Waals surface area contributed by atoms with Crippen LogP contribution in [-0.4, -0.2) is 82.4 Å². The van der Waals surface area contributed by atoms with Crippen LogP contribution in [0.5, 0.6) is 0 Å². The number of nitrogens with one attached hydrogen (secondary N) is 4. The Morgan fingerprint density at radius 3 is 2.52 bits per heavy atom. The Kier molecular flexibility index (Phi) is 11.5. The molecule has 1 aromatic rings. The van der Waals surface area contributed by atoms with Crippen molar-refractivity contribution in [3.05, 3.63) is 30.1 Å². The van der Waals surface area contributed by atoms with Crippen molar-refractivity contribution in [2.24, 2.45) is 0 Å². The second kappa shape index (κ2) is 15.3. The Balaban J connectivity index is 1.07. The third-order valence-electron chi connectivity index (χ3n) is 8.22. The summed E-state index contributed by atoms with van der Waals surface area (Å²) in [7, 11) is 0. The molecule has 3 aliphatic rings. The maximum absolute atomic E-state index is 13.2. The van der Waals surface area contributed by atoms with Gasteiger partial charge in [0.25, 0.3) is 0 Å². The van der Waals surface area contributed by atoms with Gasteiger partial charge < -0.3 is 26.2 Å². The highest BCUT2D eigenvalue weighted by Gasteiger charge is 2.42. The van der Waals surface area contributed by atoms with Gasteiger partial charge in [-0.3, -0.25) is 19.4 Å². The average molecular weight is 573 g/mol. The molecule has 5 atom stereocenters. The average Bonchev–Trinajstić information content (AvgIpc) is 3.70. The van der Waals surface area contributed by atoms with Gasteiger partial charge in [0.2, 0.25) is 17.7 Å². The van der Waals surface area contributed by atoms with E-state index in [1.807, 2.05) is 35.7 Å². The fraction of sp³-hybridized carbons (Fsp3) is 0.690. The van der Waals surface area contributed by atoms with E-state index in [0.717, 1.165) is 69.4 Å². The quantitative estimate of drug-likeness (QED) is 0.189. The van der Waals surface area contributed by atoms with Gasteiger partial charge in [-0.1, -0.05) is 19.8 Å². The lowest BCUT2D eigenvalue weighted by atomic mass is 9.92. The van der Waals surface area contributed by atoms with Crippen LogP contribution in [0.4, 0.5) is 4.79 Å². The number of pyridine rings is 1. The zero-order chi connectivity index (χ0) is 28.3. The number of carbonyl (C=O) groups excluding carboxylic acids is 4. The van der Waals surface area contributed by atoms with Crippen molar-refractivity contribution in [3.8, 4) is 0 Å². The number of rotatable bonds is 15. The molecule has 0 saturated carbocycles. The van der Waals surface area contributed by atoms with Crippen molar-refractivity contribution in [1.29, 1.82) is 0 Å². The normalized spacial score (nSPS) is 23.2. The lowest BCUT2D eigenvalue weighted by Gasteiger charge is -2.28. The molecule has 4 rings (SSSR count). The summed E-state index contributed by atoms with van der Waals surface area (Å²) < 4.78 is 0. The molecule has 5 amide bonds. The number of thioether (sulfide) groups is 1. The minimum atomic E-state index is -0.588. The van der Waals surface area contributed by atoms with Gasteiger partial charge >= 0.3 is 6.03 Å². The molecule has 1 aromatic heterocycles. The largest absolute Gasteiger partial charge is 0.356 e. The van der Waals surface area contributed by atoms with E-state index >= 15 is 0 Å². The smallest absolute Gasteiger partial charge is 0.315 e. The molecule has 4 N–H and O–H groups in total. The summed E-state index contributed by atoms with van der Waals surface area (Å²) in [6.07, 6.45) is 11.5. The first-order valence-electron chi connectivity index (χ1n) is 14.9. The number of unbranched alkanes of at least 4 members (excludes halogenated alkanes) is 3. The predicted octanol–water partition coefficient (Wildman–Crippen LogP) is 2.69. The van der Waals surface area contributed by atoms with Crippen LogP contribution in [-0.2, 0) is 14.4 Å². The van der Waals surface area contributed by atoms with Gasteiger partial charge in [-0.15, -0.1) is 0 Å². The molecule has 11 heteroatoms. The number of likely N-dealkylation sites (tertiary alicyclic amines) is 1. The van der Waals surface area contributed by atoms with Crippen molar-refractivity contribution >= 4 is 35.5 Å². The number of carbonyl (C=O) groups is 4. The number of aromatic nitrogens is 1. The molecular weight excluding hydrogens is 528 g/mol. The highest BCUT2D eigenvalue weighted by molar-refractivity contribution is 8.00. The van der Waals surface area contributed by atoms with Crippen molar-refractivity contribution in [1.82, 2.24) is 31.2 Å². The number of hydrogen-bond donors (Lipinski definition) is 4. The molecule has 0 spiro atoms. The maximum Gasteiger partial charge on any atom is 0.315 e. The van der Waals surface area contributed by atoms with Crippen LogP contribution >= 0.6 is 11.8 Å². The van der Waals surface area contributed by atoms with E-state index in [2.05, 4.69) is 26.3 Å². The highest BCUT2D eigenvalue weighted by Crippen LogP contribution is 2.33. The number of nitrogens with zero attached hydrogens (tertiary/aromatic N) is 2. The molecule has 0 unspecified atom stereocenters. The van der Waals surface area contributed by atoms with Crippen LogP contribution in [0, 0.1) is 0 Å². The molecule has 0 radical (unpaired) electrons. The summed E-state index contributed by atoms with van der Waals surface area (Å²) in [5, 5.41) is 12.4. The predicted molar refractivity (Wildman–Crippen MR) is 156 cm³/mol. The first-order chi connectivity index (χ1) is 19.4. The Morgan fingerprint density at radius 2 is 1.75 bits per heavy atom. The SMILES string of the molecule is C[C@H](c1ccncc1)[C@H](NC(=O)CCCCCNC(=O)CCCC[C@@H]1SC[C@@H]2NC(=O)N[C@@H]21)C(=O)N1CCCC1. The van der Waals surface area contributed by atoms with E-state index in [4.69, 9.17) is 0 Å². The molecule has 3 saturated heterocycles. The van der Waals surface area contributed by atoms with Gasteiger partial charge in [0, 0.05) is 61.8 Å². The van der Waals surface area contributed by atoms with Crippen LogP contribution in [0.15, 0.2) is 24.5 Å². The van der Waals surface area contributed by atoms with Crippen molar-refractivity contribution < 1.29 is 19.2 Å². The van der Waals surface area contributed by atoms with E-state index in [9.17, 15) is 19.2 Å². The zero-order valence-electron chi connectivity index (χ0n) is 23.5. The number of fused-ring (bicyclic) bond motifs is 1. The van der Waals surface area contributed by atoms with Crippen molar-refractivity contribution in [2.75, 3.05) is 25.4 Å². The third-order valence-corrected chi connectivity index (χ3v) is 9.72. The molecule has 4 heterocycles. The Morgan fingerprint density at radius 1 is 1.02 bits per heavy atom. The molecular formula is C29H44N6O4S. The molecule has 0 aromatic carbocycles. The van der Waals surface area contributed by atoms with Gasteiger partial charge in [0.05, 0.1) is 12.1 Å². The van der Waals surface area contributed by atoms with E-state index in [1.165, 1.54) is 0 Å². The van der Waals surface area contributed by atoms with Crippen LogP contribution in [0.1, 0.15) is 82.6 Å². The molecule has 0 aliphatic carbocycles. The minimum Gasteiger partial charge on any atom is -0.356 e. The summed E-state index contributed by atoms with van der Waals surface area (Å²) in [5.74, 6) is 0.760. The standard InChI is InChI=1S/C29H44N6O4S/c1-20(21-12-15-30-16-13-21)26(28(38)35-17-7-8-18-35)33-25(37)11-3-2-6-14-31-24(36)10-5-4-9-23-27-22(19-40-23)32-29(39)34-27/h12-13,15-16,20,22-23,26-27H,2-11,14,17-19H2,1H3,(H,31,36)(H,33,37)(H2,32,34,39)/t20-,22+,23+,26+,27+/m1/s1. The molecule has 220 valence electrons. The summed E-state index contributed by atoms with van der Waals surface area (Å²) >= 11 is 1.90. The monoisotopic (exact) mass is 572 g/mol. The van der Waals surface area contributed by atoms with Gasteiger partial charge in [-0.05, 0) is 56.2 Å². The Labute approximate surface area is 241 Å². The fourth-order valence-corrected chi connectivity index (χ4v) is 7.36. The second-order valence-electron chi connectivity index (χ2n) is 11.2. The van der Waals surface area contributed by atoms with E-state index in [1.54, 1.807) is 12.4 Å². The highest BCUT2D eigenvalue weighted by atomic mass is 32.2. The second-order valence-corrected chi connectivity index (χ2v) is 12.4. The molecule has 0 bridgehead atoms. The summed E-state index contributed by atoms with van der Waals surface area (Å²) in [6, 6.07) is 3.60. The number of urea groups is 1. The lowest BCUT2D eigenvalue weighted by molar-refractivity contribution is -0.136. The first-order valence-corrected chi connectivity index (χ1v) is 15.9. The molecule has 40 heavy (non-hydrogen) atoms. The van der Waals surface area contributed by atoms with Crippen molar-refractivity contribution in [2.45, 2.75) is 100 Å². The van der Waals surface area contributed by atoms with Gasteiger partial charge in [0.1, 0.15) is 6.04 Å². The maximum atomic E-state index is 13.2. The van der Waals surface area contributed by atoms with E-state index in [-0.39, 0.29) is 41.8 Å². The molecule has 3 aliphatic heterocycles. The van der Waals surface area contributed by atoms with E-state index in [0.29, 0.717) is 31.1 Å². The lowest BCUT2D eigenvalue weighted by Crippen LogP contribution is -2.50. The van der Waals surface area contributed by atoms with Crippen LogP contribution < -0.4 is 21.3 Å². The summed E-state index contributed by atoms with van der Waals surface area (Å²) in [6.45, 7) is 4.08. The van der Waals surface area contributed by atoms with Crippen LogP contribution in [0.2, 0.25) is 0 Å². The topological polar surface area (TPSA) is 133 Å². The minimum absolute atomic E-state index is 0.00798. The zero-order valence-corrected chi connectivity index (χ0v) is 24.3. The molecule has 3 fully saturated rings. The van der Waals surface area contributed by atoms with Crippen LogP contribution in [0.3, 0.4) is 0 Å². The summed E-state index contributed by atoms with van der Waals surface area (Å²) in [5.41, 5.74) is 0.981. The summed E-state index contributed by atoms with van der Waals surface area (Å²) in [4.78, 5) is 55.6. The Bertz CT molecular complexity index is 1010.